The molecule has 2 unspecified atom stereocenters. The van der Waals surface area contributed by atoms with Gasteiger partial charge in [-0.2, -0.15) is 4.31 Å². The number of benzene rings is 1. The van der Waals surface area contributed by atoms with E-state index in [1.165, 1.54) is 6.07 Å². The molecule has 0 spiro atoms. The van der Waals surface area contributed by atoms with Gasteiger partial charge in [0, 0.05) is 18.1 Å². The standard InChI is InChI=1S/C12H15ClFNO4S/c1-8-5-15(6-10(7-16)19-8)20(17,18)12-3-2-9(13)4-11(12)14/h2-4,8,10,16H,5-7H2,1H3. The van der Waals surface area contributed by atoms with Crippen molar-refractivity contribution in [3.05, 3.63) is 29.0 Å². The fourth-order valence-corrected chi connectivity index (χ4v) is 3.87. The Morgan fingerprint density at radius 1 is 1.50 bits per heavy atom. The summed E-state index contributed by atoms with van der Waals surface area (Å²) in [6.07, 6.45) is -0.977. The maximum Gasteiger partial charge on any atom is 0.246 e. The molecule has 0 aliphatic carbocycles. The second-order valence-electron chi connectivity index (χ2n) is 4.65. The Morgan fingerprint density at radius 3 is 2.80 bits per heavy atom. The number of nitrogens with zero attached hydrogens (tertiary/aromatic N) is 1. The van der Waals surface area contributed by atoms with Gasteiger partial charge in [-0.1, -0.05) is 11.6 Å². The molecule has 1 fully saturated rings. The van der Waals surface area contributed by atoms with Gasteiger partial charge in [0.05, 0.1) is 18.8 Å². The molecule has 8 heteroatoms. The van der Waals surface area contributed by atoms with Crippen LogP contribution in [0.2, 0.25) is 5.02 Å². The number of aliphatic hydroxyl groups excluding tert-OH is 1. The van der Waals surface area contributed by atoms with Crippen LogP contribution >= 0.6 is 11.6 Å². The molecule has 0 radical (unpaired) electrons. The molecule has 2 atom stereocenters. The highest BCUT2D eigenvalue weighted by Crippen LogP contribution is 2.25. The van der Waals surface area contributed by atoms with Crippen LogP contribution in [-0.2, 0) is 14.8 Å². The lowest BCUT2D eigenvalue weighted by Crippen LogP contribution is -2.50. The Labute approximate surface area is 122 Å². The summed E-state index contributed by atoms with van der Waals surface area (Å²) < 4.78 is 45.2. The average Bonchev–Trinajstić information content (AvgIpc) is 2.37. The van der Waals surface area contributed by atoms with E-state index >= 15 is 0 Å². The van der Waals surface area contributed by atoms with Crippen molar-refractivity contribution in [3.63, 3.8) is 0 Å². The predicted molar refractivity (Wildman–Crippen MR) is 71.6 cm³/mol. The first-order valence-corrected chi connectivity index (χ1v) is 7.88. The van der Waals surface area contributed by atoms with Crippen LogP contribution in [0.5, 0.6) is 0 Å². The number of aliphatic hydroxyl groups is 1. The second-order valence-corrected chi connectivity index (χ2v) is 6.99. The molecule has 5 nitrogen and oxygen atoms in total. The smallest absolute Gasteiger partial charge is 0.246 e. The van der Waals surface area contributed by atoms with Crippen molar-refractivity contribution in [1.29, 1.82) is 0 Å². The summed E-state index contributed by atoms with van der Waals surface area (Å²) in [4.78, 5) is -0.423. The van der Waals surface area contributed by atoms with Crippen LogP contribution in [-0.4, -0.2) is 49.7 Å². The third kappa shape index (κ3) is 3.12. The van der Waals surface area contributed by atoms with E-state index < -0.39 is 26.8 Å². The lowest BCUT2D eigenvalue weighted by Gasteiger charge is -2.35. The zero-order chi connectivity index (χ0) is 14.9. The Morgan fingerprint density at radius 2 is 2.20 bits per heavy atom. The Hall–Kier alpha value is -0.730. The molecule has 1 N–H and O–H groups in total. The van der Waals surface area contributed by atoms with Gasteiger partial charge in [0.2, 0.25) is 10.0 Å². The number of hydrogen-bond acceptors (Lipinski definition) is 4. The maximum absolute atomic E-state index is 13.8. The third-order valence-electron chi connectivity index (χ3n) is 3.01. The minimum Gasteiger partial charge on any atom is -0.394 e. The minimum atomic E-state index is -3.98. The molecule has 0 bridgehead atoms. The van der Waals surface area contributed by atoms with Crippen molar-refractivity contribution >= 4 is 21.6 Å². The van der Waals surface area contributed by atoms with Gasteiger partial charge in [-0.15, -0.1) is 0 Å². The molecule has 112 valence electrons. The van der Waals surface area contributed by atoms with Gasteiger partial charge in [0.25, 0.3) is 0 Å². The number of ether oxygens (including phenoxy) is 1. The fraction of sp³-hybridized carbons (Fsp3) is 0.500. The van der Waals surface area contributed by atoms with Crippen molar-refractivity contribution in [3.8, 4) is 0 Å². The zero-order valence-corrected chi connectivity index (χ0v) is 12.4. The highest BCUT2D eigenvalue weighted by Gasteiger charge is 2.35. The highest BCUT2D eigenvalue weighted by molar-refractivity contribution is 7.89. The first-order valence-electron chi connectivity index (χ1n) is 6.06. The molecule has 1 saturated heterocycles. The molecule has 1 aliphatic heterocycles. The largest absolute Gasteiger partial charge is 0.394 e. The van der Waals surface area contributed by atoms with E-state index in [9.17, 15) is 12.8 Å². The first kappa shape index (κ1) is 15.7. The quantitative estimate of drug-likeness (QED) is 0.909. The molecule has 0 saturated carbocycles. The van der Waals surface area contributed by atoms with E-state index in [1.807, 2.05) is 0 Å². The Kier molecular flexibility index (Phi) is 4.66. The number of hydrogen-bond donors (Lipinski definition) is 1. The maximum atomic E-state index is 13.8. The predicted octanol–water partition coefficient (Wildman–Crippen LogP) is 1.25. The molecule has 1 heterocycles. The average molecular weight is 324 g/mol. The topological polar surface area (TPSA) is 66.8 Å². The van der Waals surface area contributed by atoms with Gasteiger partial charge in [-0.3, -0.25) is 0 Å². The van der Waals surface area contributed by atoms with Crippen LogP contribution in [0.15, 0.2) is 23.1 Å². The summed E-state index contributed by atoms with van der Waals surface area (Å²) in [5, 5.41) is 9.25. The second kappa shape index (κ2) is 5.95. The number of morpholine rings is 1. The van der Waals surface area contributed by atoms with Crippen LogP contribution in [0.3, 0.4) is 0 Å². The molecular weight excluding hydrogens is 309 g/mol. The summed E-state index contributed by atoms with van der Waals surface area (Å²) >= 11 is 5.62. The highest BCUT2D eigenvalue weighted by atomic mass is 35.5. The summed E-state index contributed by atoms with van der Waals surface area (Å²) in [5.41, 5.74) is 0. The van der Waals surface area contributed by atoms with Gasteiger partial charge in [-0.05, 0) is 25.1 Å². The van der Waals surface area contributed by atoms with Gasteiger partial charge >= 0.3 is 0 Å². The number of sulfonamides is 1. The van der Waals surface area contributed by atoms with E-state index in [-0.39, 0.29) is 30.8 Å². The molecule has 0 amide bonds. The van der Waals surface area contributed by atoms with Crippen LogP contribution < -0.4 is 0 Å². The molecule has 1 aliphatic rings. The zero-order valence-electron chi connectivity index (χ0n) is 10.8. The normalized spacial score (nSPS) is 24.8. The van der Waals surface area contributed by atoms with Gasteiger partial charge < -0.3 is 9.84 Å². The summed E-state index contributed by atoms with van der Waals surface area (Å²) in [6, 6.07) is 3.42. The van der Waals surface area contributed by atoms with Gasteiger partial charge in [0.1, 0.15) is 10.7 Å². The van der Waals surface area contributed by atoms with E-state index in [1.54, 1.807) is 6.92 Å². The molecule has 0 aromatic heterocycles. The van der Waals surface area contributed by atoms with Crippen LogP contribution in [0.4, 0.5) is 4.39 Å². The van der Waals surface area contributed by atoms with Crippen molar-refractivity contribution < 1.29 is 22.7 Å². The van der Waals surface area contributed by atoms with Gasteiger partial charge in [0.15, 0.2) is 0 Å². The van der Waals surface area contributed by atoms with Gasteiger partial charge in [-0.25, -0.2) is 12.8 Å². The number of rotatable bonds is 3. The van der Waals surface area contributed by atoms with Crippen molar-refractivity contribution in [2.45, 2.75) is 24.0 Å². The van der Waals surface area contributed by atoms with Crippen LogP contribution in [0.25, 0.3) is 0 Å². The SMILES string of the molecule is CC1CN(S(=O)(=O)c2ccc(Cl)cc2F)CC(CO)O1. The Balaban J connectivity index is 2.34. The van der Waals surface area contributed by atoms with Crippen LogP contribution in [0.1, 0.15) is 6.92 Å². The molecule has 20 heavy (non-hydrogen) atoms. The van der Waals surface area contributed by atoms with Crippen molar-refractivity contribution in [2.75, 3.05) is 19.7 Å². The summed E-state index contributed by atoms with van der Waals surface area (Å²) in [6.45, 7) is 1.51. The lowest BCUT2D eigenvalue weighted by molar-refractivity contribution is -0.0750. The molecular formula is C12H15ClFNO4S. The minimum absolute atomic E-state index is 0.00869. The molecule has 1 aromatic rings. The van der Waals surface area contributed by atoms with E-state index in [0.29, 0.717) is 0 Å². The summed E-state index contributed by atoms with van der Waals surface area (Å²) in [7, 11) is -3.98. The Bertz CT molecular complexity index is 595. The lowest BCUT2D eigenvalue weighted by atomic mass is 10.2. The first-order chi connectivity index (χ1) is 9.34. The molecule has 1 aromatic carbocycles. The van der Waals surface area contributed by atoms with E-state index in [2.05, 4.69) is 0 Å². The van der Waals surface area contributed by atoms with E-state index in [0.717, 1.165) is 16.4 Å². The van der Waals surface area contributed by atoms with Crippen molar-refractivity contribution in [2.24, 2.45) is 0 Å². The fourth-order valence-electron chi connectivity index (χ4n) is 2.12. The third-order valence-corrected chi connectivity index (χ3v) is 5.11. The van der Waals surface area contributed by atoms with Crippen molar-refractivity contribution in [1.82, 2.24) is 4.31 Å². The van der Waals surface area contributed by atoms with E-state index in [4.69, 9.17) is 21.4 Å². The monoisotopic (exact) mass is 323 g/mol. The number of halogens is 2. The summed E-state index contributed by atoms with van der Waals surface area (Å²) in [5.74, 6) is -0.891. The van der Waals surface area contributed by atoms with Crippen LogP contribution in [0, 0.1) is 5.82 Å². The molecule has 2 rings (SSSR count).